The number of pyridine rings is 1. The lowest BCUT2D eigenvalue weighted by Crippen LogP contribution is -2.46. The molecule has 0 bridgehead atoms. The summed E-state index contributed by atoms with van der Waals surface area (Å²) >= 11 is 0. The maximum Gasteiger partial charge on any atom is 0.253 e. The van der Waals surface area contributed by atoms with Gasteiger partial charge in [-0.3, -0.25) is 4.79 Å². The van der Waals surface area contributed by atoms with Crippen LogP contribution in [0.1, 0.15) is 16.8 Å². The van der Waals surface area contributed by atoms with Gasteiger partial charge in [0.2, 0.25) is 5.95 Å². The van der Waals surface area contributed by atoms with Crippen LogP contribution in [-0.2, 0) is 0 Å². The van der Waals surface area contributed by atoms with Crippen molar-refractivity contribution < 1.29 is 13.9 Å². The second kappa shape index (κ2) is 4.44. The number of carbonyl (C=O) groups is 1. The molecule has 0 aliphatic carbocycles. The van der Waals surface area contributed by atoms with Gasteiger partial charge in [0.25, 0.3) is 5.91 Å². The number of primary amides is 1. The van der Waals surface area contributed by atoms with E-state index in [0.717, 1.165) is 13.0 Å². The van der Waals surface area contributed by atoms with E-state index in [1.165, 1.54) is 12.3 Å². The summed E-state index contributed by atoms with van der Waals surface area (Å²) in [5.41, 5.74) is 4.74. The smallest absolute Gasteiger partial charge is 0.253 e. The molecule has 0 radical (unpaired) electrons. The number of amides is 1. The van der Waals surface area contributed by atoms with Crippen molar-refractivity contribution in [2.45, 2.75) is 12.5 Å². The SMILES string of the molecule is NC(=O)c1cc(OC[C@@H]2CCN2)cnc1F. The van der Waals surface area contributed by atoms with Gasteiger partial charge in [-0.15, -0.1) is 0 Å². The molecule has 86 valence electrons. The summed E-state index contributed by atoms with van der Waals surface area (Å²) in [4.78, 5) is 14.3. The van der Waals surface area contributed by atoms with Gasteiger partial charge in [0, 0.05) is 6.04 Å². The molecule has 1 saturated heterocycles. The number of hydrogen-bond acceptors (Lipinski definition) is 4. The van der Waals surface area contributed by atoms with Crippen LogP contribution in [0, 0.1) is 5.95 Å². The average molecular weight is 225 g/mol. The first-order valence-electron chi connectivity index (χ1n) is 4.98. The Hall–Kier alpha value is -1.69. The molecule has 6 heteroatoms. The topological polar surface area (TPSA) is 77.2 Å². The van der Waals surface area contributed by atoms with E-state index in [0.29, 0.717) is 18.4 Å². The third kappa shape index (κ3) is 2.27. The van der Waals surface area contributed by atoms with E-state index in [-0.39, 0.29) is 5.56 Å². The van der Waals surface area contributed by atoms with Crippen LogP contribution in [0.15, 0.2) is 12.3 Å². The van der Waals surface area contributed by atoms with Crippen molar-refractivity contribution in [1.29, 1.82) is 0 Å². The van der Waals surface area contributed by atoms with Gasteiger partial charge in [-0.25, -0.2) is 4.98 Å². The first kappa shape index (κ1) is 10.8. The largest absolute Gasteiger partial charge is 0.490 e. The Morgan fingerprint density at radius 2 is 2.50 bits per heavy atom. The first-order chi connectivity index (χ1) is 7.66. The quantitative estimate of drug-likeness (QED) is 0.710. The molecule has 1 fully saturated rings. The van der Waals surface area contributed by atoms with Crippen LogP contribution in [0.3, 0.4) is 0 Å². The van der Waals surface area contributed by atoms with E-state index in [1.807, 2.05) is 0 Å². The number of nitrogens with one attached hydrogen (secondary N) is 1. The van der Waals surface area contributed by atoms with Crippen LogP contribution < -0.4 is 15.8 Å². The maximum atomic E-state index is 13.0. The number of rotatable bonds is 4. The number of ether oxygens (including phenoxy) is 1. The van der Waals surface area contributed by atoms with Gasteiger partial charge in [0.05, 0.1) is 11.8 Å². The van der Waals surface area contributed by atoms with Crippen molar-refractivity contribution >= 4 is 5.91 Å². The average Bonchev–Trinajstić information content (AvgIpc) is 2.17. The lowest BCUT2D eigenvalue weighted by Gasteiger charge is -2.27. The summed E-state index contributed by atoms with van der Waals surface area (Å²) in [6.45, 7) is 1.47. The molecule has 0 saturated carbocycles. The molecule has 2 heterocycles. The van der Waals surface area contributed by atoms with Gasteiger partial charge >= 0.3 is 0 Å². The minimum atomic E-state index is -0.874. The van der Waals surface area contributed by atoms with Gasteiger partial charge in [-0.05, 0) is 19.0 Å². The third-order valence-electron chi connectivity index (χ3n) is 2.46. The van der Waals surface area contributed by atoms with Crippen LogP contribution in [0.2, 0.25) is 0 Å². The number of hydrogen-bond donors (Lipinski definition) is 2. The van der Waals surface area contributed by atoms with Crippen LogP contribution in [0.5, 0.6) is 5.75 Å². The lowest BCUT2D eigenvalue weighted by molar-refractivity contribution is 0.0995. The Bertz CT molecular complexity index is 407. The highest BCUT2D eigenvalue weighted by atomic mass is 19.1. The highest BCUT2D eigenvalue weighted by Gasteiger charge is 2.17. The number of nitrogens with two attached hydrogens (primary N) is 1. The molecule has 16 heavy (non-hydrogen) atoms. The third-order valence-corrected chi connectivity index (χ3v) is 2.46. The normalized spacial score (nSPS) is 18.9. The van der Waals surface area contributed by atoms with Crippen molar-refractivity contribution in [2.24, 2.45) is 5.73 Å². The van der Waals surface area contributed by atoms with Gasteiger partial charge in [0.1, 0.15) is 12.4 Å². The molecule has 3 N–H and O–H groups in total. The zero-order valence-corrected chi connectivity index (χ0v) is 8.57. The van der Waals surface area contributed by atoms with Crippen LogP contribution in [0.4, 0.5) is 4.39 Å². The second-order valence-electron chi connectivity index (χ2n) is 3.62. The number of halogens is 1. The first-order valence-corrected chi connectivity index (χ1v) is 4.98. The van der Waals surface area contributed by atoms with Crippen molar-refractivity contribution in [3.63, 3.8) is 0 Å². The van der Waals surface area contributed by atoms with Gasteiger partial charge in [0.15, 0.2) is 0 Å². The van der Waals surface area contributed by atoms with E-state index in [2.05, 4.69) is 10.3 Å². The summed E-state index contributed by atoms with van der Waals surface area (Å²) in [6, 6.07) is 1.59. The molecule has 1 aromatic heterocycles. The summed E-state index contributed by atoms with van der Waals surface area (Å²) in [6.07, 6.45) is 2.29. The molecule has 1 aliphatic heterocycles. The molecule has 0 aromatic carbocycles. The van der Waals surface area contributed by atoms with Crippen molar-refractivity contribution in [3.8, 4) is 5.75 Å². The van der Waals surface area contributed by atoms with Crippen LogP contribution in [-0.4, -0.2) is 30.1 Å². The minimum absolute atomic E-state index is 0.251. The van der Waals surface area contributed by atoms with Crippen molar-refractivity contribution in [3.05, 3.63) is 23.8 Å². The molecule has 2 rings (SSSR count). The maximum absolute atomic E-state index is 13.0. The van der Waals surface area contributed by atoms with E-state index < -0.39 is 11.9 Å². The molecule has 1 aromatic rings. The predicted molar refractivity (Wildman–Crippen MR) is 54.6 cm³/mol. The summed E-state index contributed by atoms with van der Waals surface area (Å²) in [5, 5.41) is 3.15. The molecule has 0 unspecified atom stereocenters. The molecular formula is C10H12FN3O2. The van der Waals surface area contributed by atoms with Gasteiger partial charge in [-0.2, -0.15) is 4.39 Å². The Kier molecular flexibility index (Phi) is 3.00. The molecule has 0 spiro atoms. The van der Waals surface area contributed by atoms with E-state index in [4.69, 9.17) is 10.5 Å². The zero-order valence-electron chi connectivity index (χ0n) is 8.57. The van der Waals surface area contributed by atoms with Crippen LogP contribution in [0.25, 0.3) is 0 Å². The summed E-state index contributed by atoms with van der Waals surface area (Å²) in [7, 11) is 0. The number of aromatic nitrogens is 1. The highest BCUT2D eigenvalue weighted by Crippen LogP contribution is 2.15. The fourth-order valence-electron chi connectivity index (χ4n) is 1.37. The summed E-state index contributed by atoms with van der Waals surface area (Å²) < 4.78 is 18.4. The van der Waals surface area contributed by atoms with Gasteiger partial charge in [-0.1, -0.05) is 0 Å². The van der Waals surface area contributed by atoms with Crippen LogP contribution >= 0.6 is 0 Å². The van der Waals surface area contributed by atoms with Crippen molar-refractivity contribution in [1.82, 2.24) is 10.3 Å². The monoisotopic (exact) mass is 225 g/mol. The number of nitrogens with zero attached hydrogens (tertiary/aromatic N) is 1. The summed E-state index contributed by atoms with van der Waals surface area (Å²) in [5.74, 6) is -1.37. The highest BCUT2D eigenvalue weighted by molar-refractivity contribution is 5.93. The second-order valence-corrected chi connectivity index (χ2v) is 3.62. The minimum Gasteiger partial charge on any atom is -0.490 e. The molecule has 5 nitrogen and oxygen atoms in total. The van der Waals surface area contributed by atoms with E-state index in [9.17, 15) is 9.18 Å². The molecular weight excluding hydrogens is 213 g/mol. The Balaban J connectivity index is 2.03. The van der Waals surface area contributed by atoms with E-state index >= 15 is 0 Å². The van der Waals surface area contributed by atoms with Crippen molar-refractivity contribution in [2.75, 3.05) is 13.2 Å². The molecule has 1 aliphatic rings. The number of carbonyl (C=O) groups excluding carboxylic acids is 1. The molecule has 1 atom stereocenters. The van der Waals surface area contributed by atoms with E-state index in [1.54, 1.807) is 0 Å². The Labute approximate surface area is 91.8 Å². The predicted octanol–water partition coefficient (Wildman–Crippen LogP) is 0.0603. The fourth-order valence-corrected chi connectivity index (χ4v) is 1.37. The Morgan fingerprint density at radius 1 is 1.75 bits per heavy atom. The zero-order chi connectivity index (χ0) is 11.5. The van der Waals surface area contributed by atoms with Gasteiger partial charge < -0.3 is 15.8 Å². The lowest BCUT2D eigenvalue weighted by atomic mass is 10.1. The standard InChI is InChI=1S/C10H12FN3O2/c11-9-8(10(12)15)3-7(4-14-9)16-5-6-1-2-13-6/h3-4,6,13H,1-2,5H2,(H2,12,15)/t6-/m0/s1. The molecule has 1 amide bonds. The fraction of sp³-hybridized carbons (Fsp3) is 0.400. The Morgan fingerprint density at radius 3 is 3.06 bits per heavy atom.